The van der Waals surface area contributed by atoms with Gasteiger partial charge in [-0.15, -0.1) is 0 Å². The summed E-state index contributed by atoms with van der Waals surface area (Å²) in [5.74, 6) is 0. The lowest BCUT2D eigenvalue weighted by atomic mass is 10.7. The Bertz CT molecular complexity index is 98.9. The van der Waals surface area contributed by atoms with Gasteiger partial charge in [-0.25, -0.2) is 9.18 Å². The van der Waals surface area contributed by atoms with Crippen LogP contribution in [0.2, 0.25) is 0 Å². The third-order valence-corrected chi connectivity index (χ3v) is 0.693. The van der Waals surface area contributed by atoms with Crippen molar-refractivity contribution in [3.63, 3.8) is 0 Å². The van der Waals surface area contributed by atoms with Crippen molar-refractivity contribution in [1.29, 1.82) is 0 Å². The van der Waals surface area contributed by atoms with E-state index in [1.807, 2.05) is 0 Å². The standard InChI is InChI=1S/C5H10FNO3/c6-1-2-9-3-4-10-5(7)8/h1-4H2,(H2,7,8). The van der Waals surface area contributed by atoms with E-state index in [1.165, 1.54) is 0 Å². The van der Waals surface area contributed by atoms with Crippen LogP contribution in [0.5, 0.6) is 0 Å². The van der Waals surface area contributed by atoms with Crippen LogP contribution in [0.3, 0.4) is 0 Å². The molecule has 0 bridgehead atoms. The number of rotatable bonds is 5. The summed E-state index contributed by atoms with van der Waals surface area (Å²) >= 11 is 0. The van der Waals surface area contributed by atoms with Crippen molar-refractivity contribution in [1.82, 2.24) is 0 Å². The van der Waals surface area contributed by atoms with E-state index in [0.717, 1.165) is 0 Å². The Morgan fingerprint density at radius 2 is 2.10 bits per heavy atom. The van der Waals surface area contributed by atoms with Crippen molar-refractivity contribution in [3.8, 4) is 0 Å². The number of carbonyl (C=O) groups excluding carboxylic acids is 1. The van der Waals surface area contributed by atoms with E-state index in [0.29, 0.717) is 0 Å². The second-order valence-electron chi connectivity index (χ2n) is 1.47. The van der Waals surface area contributed by atoms with Crippen molar-refractivity contribution >= 4 is 6.09 Å². The minimum Gasteiger partial charge on any atom is -0.447 e. The van der Waals surface area contributed by atoms with Crippen LogP contribution in [0.15, 0.2) is 0 Å². The third-order valence-electron chi connectivity index (χ3n) is 0.693. The van der Waals surface area contributed by atoms with Gasteiger partial charge >= 0.3 is 6.09 Å². The van der Waals surface area contributed by atoms with Gasteiger partial charge in [0.1, 0.15) is 13.3 Å². The number of alkyl halides is 1. The van der Waals surface area contributed by atoms with Crippen LogP contribution >= 0.6 is 0 Å². The van der Waals surface area contributed by atoms with E-state index in [4.69, 9.17) is 0 Å². The van der Waals surface area contributed by atoms with Crippen molar-refractivity contribution in [2.75, 3.05) is 26.5 Å². The predicted molar refractivity (Wildman–Crippen MR) is 32.3 cm³/mol. The number of halogens is 1. The van der Waals surface area contributed by atoms with Gasteiger partial charge in [-0.2, -0.15) is 0 Å². The SMILES string of the molecule is NC(=O)OCCOCCF. The molecular formula is C5H10FNO3. The first-order valence-electron chi connectivity index (χ1n) is 2.83. The maximum Gasteiger partial charge on any atom is 0.404 e. The Kier molecular flexibility index (Phi) is 5.75. The molecule has 0 radical (unpaired) electrons. The van der Waals surface area contributed by atoms with Gasteiger partial charge in [-0.3, -0.25) is 0 Å². The largest absolute Gasteiger partial charge is 0.447 e. The van der Waals surface area contributed by atoms with Gasteiger partial charge in [0.05, 0.1) is 13.2 Å². The zero-order valence-corrected chi connectivity index (χ0v) is 5.51. The fourth-order valence-corrected chi connectivity index (χ4v) is 0.358. The molecule has 0 saturated heterocycles. The molecule has 0 heterocycles. The fraction of sp³-hybridized carbons (Fsp3) is 0.800. The number of hydrogen-bond donors (Lipinski definition) is 1. The van der Waals surface area contributed by atoms with Gasteiger partial charge in [0.25, 0.3) is 0 Å². The topological polar surface area (TPSA) is 61.6 Å². The number of amides is 1. The number of nitrogens with two attached hydrogens (primary N) is 1. The highest BCUT2D eigenvalue weighted by Crippen LogP contribution is 1.78. The molecule has 5 heteroatoms. The minimum absolute atomic E-state index is 0.0299. The summed E-state index contributed by atoms with van der Waals surface area (Å²) in [7, 11) is 0. The Balaban J connectivity index is 2.84. The van der Waals surface area contributed by atoms with E-state index < -0.39 is 12.8 Å². The number of primary amides is 1. The van der Waals surface area contributed by atoms with Gasteiger partial charge in [0.15, 0.2) is 0 Å². The Hall–Kier alpha value is -0.840. The van der Waals surface area contributed by atoms with Gasteiger partial charge < -0.3 is 15.2 Å². The first kappa shape index (κ1) is 9.16. The fourth-order valence-electron chi connectivity index (χ4n) is 0.358. The second-order valence-corrected chi connectivity index (χ2v) is 1.47. The average Bonchev–Trinajstić information content (AvgIpc) is 1.87. The van der Waals surface area contributed by atoms with Gasteiger partial charge in [-0.05, 0) is 0 Å². The van der Waals surface area contributed by atoms with E-state index in [1.54, 1.807) is 0 Å². The Morgan fingerprint density at radius 3 is 2.60 bits per heavy atom. The zero-order valence-electron chi connectivity index (χ0n) is 5.51. The Morgan fingerprint density at radius 1 is 1.40 bits per heavy atom. The number of ether oxygens (including phenoxy) is 2. The molecule has 1 amide bonds. The summed E-state index contributed by atoms with van der Waals surface area (Å²) in [4.78, 5) is 9.90. The van der Waals surface area contributed by atoms with Crippen molar-refractivity contribution < 1.29 is 18.7 Å². The van der Waals surface area contributed by atoms with Crippen molar-refractivity contribution in [2.24, 2.45) is 5.73 Å². The van der Waals surface area contributed by atoms with E-state index >= 15 is 0 Å². The highest BCUT2D eigenvalue weighted by atomic mass is 19.1. The van der Waals surface area contributed by atoms with Crippen LogP contribution < -0.4 is 5.73 Å². The molecule has 0 saturated carbocycles. The molecule has 0 aliphatic carbocycles. The molecule has 0 unspecified atom stereocenters. The normalized spacial score (nSPS) is 9.30. The number of hydrogen-bond acceptors (Lipinski definition) is 3. The highest BCUT2D eigenvalue weighted by Gasteiger charge is 1.91. The lowest BCUT2D eigenvalue weighted by Gasteiger charge is -2.00. The predicted octanol–water partition coefficient (Wildman–Crippen LogP) is 0.0678. The summed E-state index contributed by atoms with van der Waals surface area (Å²) in [6, 6.07) is 0. The van der Waals surface area contributed by atoms with Gasteiger partial charge in [-0.1, -0.05) is 0 Å². The summed E-state index contributed by atoms with van der Waals surface area (Å²) in [6.45, 7) is -0.235. The molecule has 0 aliphatic heterocycles. The summed E-state index contributed by atoms with van der Waals surface area (Å²) in [6.07, 6.45) is -0.844. The van der Waals surface area contributed by atoms with Crippen LogP contribution in [-0.2, 0) is 9.47 Å². The molecule has 2 N–H and O–H groups in total. The maximum atomic E-state index is 11.3. The minimum atomic E-state index is -0.844. The first-order valence-corrected chi connectivity index (χ1v) is 2.83. The maximum absolute atomic E-state index is 11.3. The molecule has 4 nitrogen and oxygen atoms in total. The van der Waals surface area contributed by atoms with E-state index in [-0.39, 0.29) is 19.8 Å². The van der Waals surface area contributed by atoms with Crippen LogP contribution in [0.25, 0.3) is 0 Å². The van der Waals surface area contributed by atoms with Gasteiger partial charge in [0, 0.05) is 0 Å². The molecule has 0 aromatic carbocycles. The van der Waals surface area contributed by atoms with Crippen molar-refractivity contribution in [3.05, 3.63) is 0 Å². The molecule has 10 heavy (non-hydrogen) atoms. The molecule has 60 valence electrons. The highest BCUT2D eigenvalue weighted by molar-refractivity contribution is 5.64. The second kappa shape index (κ2) is 6.28. The lowest BCUT2D eigenvalue weighted by molar-refractivity contribution is 0.0697. The molecule has 0 aliphatic rings. The molecule has 0 rings (SSSR count). The summed E-state index contributed by atoms with van der Waals surface area (Å²) in [5, 5.41) is 0. The van der Waals surface area contributed by atoms with Crippen molar-refractivity contribution in [2.45, 2.75) is 0 Å². The molecular weight excluding hydrogens is 141 g/mol. The van der Waals surface area contributed by atoms with E-state index in [9.17, 15) is 9.18 Å². The smallest absolute Gasteiger partial charge is 0.404 e. The van der Waals surface area contributed by atoms with E-state index in [2.05, 4.69) is 15.2 Å². The monoisotopic (exact) mass is 151 g/mol. The van der Waals surface area contributed by atoms with Crippen LogP contribution in [-0.4, -0.2) is 32.6 Å². The quantitative estimate of drug-likeness (QED) is 0.565. The molecule has 0 spiro atoms. The molecule has 0 fully saturated rings. The Labute approximate surface area is 58.1 Å². The molecule has 0 aromatic rings. The van der Waals surface area contributed by atoms with Gasteiger partial charge in [0.2, 0.25) is 0 Å². The lowest BCUT2D eigenvalue weighted by Crippen LogP contribution is -2.16. The molecule has 0 atom stereocenters. The zero-order chi connectivity index (χ0) is 7.82. The van der Waals surface area contributed by atoms with Crippen LogP contribution in [0.4, 0.5) is 9.18 Å². The van der Waals surface area contributed by atoms with Crippen LogP contribution in [0, 0.1) is 0 Å². The molecule has 0 aromatic heterocycles. The van der Waals surface area contributed by atoms with Crippen LogP contribution in [0.1, 0.15) is 0 Å². The average molecular weight is 151 g/mol. The summed E-state index contributed by atoms with van der Waals surface area (Å²) < 4.78 is 20.2. The number of carbonyl (C=O) groups is 1. The summed E-state index contributed by atoms with van der Waals surface area (Å²) in [5.41, 5.74) is 4.62. The first-order chi connectivity index (χ1) is 4.77. The third kappa shape index (κ3) is 7.16.